The van der Waals surface area contributed by atoms with Crippen molar-refractivity contribution in [2.75, 3.05) is 18.8 Å². The summed E-state index contributed by atoms with van der Waals surface area (Å²) < 4.78 is 0. The van der Waals surface area contributed by atoms with Crippen LogP contribution in [0.3, 0.4) is 0 Å². The summed E-state index contributed by atoms with van der Waals surface area (Å²) in [6.07, 6.45) is 1.66. The number of anilines is 1. The van der Waals surface area contributed by atoms with Crippen LogP contribution in [-0.2, 0) is 6.42 Å². The third-order valence-electron chi connectivity index (χ3n) is 4.74. The smallest absolute Gasteiger partial charge is 0.321 e. The van der Waals surface area contributed by atoms with Gasteiger partial charge >= 0.3 is 6.03 Å². The minimum atomic E-state index is -0.344. The summed E-state index contributed by atoms with van der Waals surface area (Å²) >= 11 is 1.50. The molecular formula is C21H32N6OS. The molecule has 0 radical (unpaired) electrons. The maximum Gasteiger partial charge on any atom is 0.321 e. The molecule has 2 amide bonds. The van der Waals surface area contributed by atoms with Gasteiger partial charge in [-0.3, -0.25) is 10.3 Å². The van der Waals surface area contributed by atoms with Crippen LogP contribution in [0.15, 0.2) is 29.3 Å². The molecule has 0 aliphatic rings. The maximum atomic E-state index is 12.0. The van der Waals surface area contributed by atoms with Gasteiger partial charge in [-0.1, -0.05) is 45.0 Å². The number of aryl methyl sites for hydroxylation is 2. The molecule has 29 heavy (non-hydrogen) atoms. The Kier molecular flexibility index (Phi) is 8.45. The van der Waals surface area contributed by atoms with Crippen molar-refractivity contribution in [2.45, 2.75) is 52.4 Å². The first-order chi connectivity index (χ1) is 13.8. The Hall–Kier alpha value is -2.61. The van der Waals surface area contributed by atoms with Crippen molar-refractivity contribution in [3.05, 3.63) is 46.0 Å². The Morgan fingerprint density at radius 2 is 1.86 bits per heavy atom. The lowest BCUT2D eigenvalue weighted by Crippen LogP contribution is -2.44. The molecule has 0 aliphatic carbocycles. The molecule has 2 aromatic rings. The zero-order chi connectivity index (χ0) is 21.4. The second-order valence-electron chi connectivity index (χ2n) is 7.49. The highest BCUT2D eigenvalue weighted by atomic mass is 32.1. The number of nitrogen functional groups attached to an aromatic ring is 1. The lowest BCUT2D eigenvalue weighted by Gasteiger charge is -2.15. The van der Waals surface area contributed by atoms with Gasteiger partial charge in [0.25, 0.3) is 0 Å². The molecule has 0 saturated heterocycles. The third kappa shape index (κ3) is 7.38. The van der Waals surface area contributed by atoms with Gasteiger partial charge in [0.15, 0.2) is 11.1 Å². The number of hydrogen-bond donors (Lipinski definition) is 4. The summed E-state index contributed by atoms with van der Waals surface area (Å²) in [6, 6.07) is 8.18. The van der Waals surface area contributed by atoms with Crippen LogP contribution >= 0.6 is 11.3 Å². The van der Waals surface area contributed by atoms with Gasteiger partial charge in [0, 0.05) is 18.0 Å². The minimum absolute atomic E-state index is 0.122. The van der Waals surface area contributed by atoms with Crippen molar-refractivity contribution in [3.63, 3.8) is 0 Å². The molecule has 1 atom stereocenters. The average Bonchev–Trinajstić information content (AvgIpc) is 3.00. The number of nitrogens with zero attached hydrogens (tertiary/aromatic N) is 2. The summed E-state index contributed by atoms with van der Waals surface area (Å²) in [6.45, 7) is 9.43. The highest BCUT2D eigenvalue weighted by molar-refractivity contribution is 7.15. The normalized spacial score (nSPS) is 12.8. The first-order valence-corrected chi connectivity index (χ1v) is 10.7. The Morgan fingerprint density at radius 3 is 2.45 bits per heavy atom. The fraction of sp³-hybridized carbons (Fsp3) is 0.476. The monoisotopic (exact) mass is 416 g/mol. The van der Waals surface area contributed by atoms with E-state index in [0.29, 0.717) is 24.1 Å². The number of rotatable bonds is 8. The van der Waals surface area contributed by atoms with Crippen LogP contribution in [0.25, 0.3) is 0 Å². The predicted molar refractivity (Wildman–Crippen MR) is 122 cm³/mol. The second-order valence-corrected chi connectivity index (χ2v) is 8.60. The lowest BCUT2D eigenvalue weighted by atomic mass is 9.96. The van der Waals surface area contributed by atoms with Crippen LogP contribution in [0.4, 0.5) is 9.93 Å². The van der Waals surface area contributed by atoms with Crippen molar-refractivity contribution < 1.29 is 4.79 Å². The van der Waals surface area contributed by atoms with Crippen LogP contribution < -0.4 is 22.1 Å². The van der Waals surface area contributed by atoms with E-state index in [4.69, 9.17) is 11.5 Å². The molecule has 1 unspecified atom stereocenters. The quantitative estimate of drug-likeness (QED) is 0.299. The van der Waals surface area contributed by atoms with E-state index in [-0.39, 0.29) is 17.9 Å². The van der Waals surface area contributed by atoms with Crippen LogP contribution in [-0.4, -0.2) is 30.1 Å². The van der Waals surface area contributed by atoms with Gasteiger partial charge in [-0.25, -0.2) is 9.78 Å². The fourth-order valence-corrected chi connectivity index (χ4v) is 3.77. The number of hydrogen-bond acceptors (Lipinski definition) is 5. The third-order valence-corrected chi connectivity index (χ3v) is 5.78. The Labute approximate surface area is 177 Å². The number of amides is 2. The van der Waals surface area contributed by atoms with Gasteiger partial charge in [-0.05, 0) is 42.7 Å². The van der Waals surface area contributed by atoms with Crippen molar-refractivity contribution in [1.82, 2.24) is 15.6 Å². The standard InChI is InChI=1S/C21H32N6OS/c1-13(2)16-7-9-17(10-8-16)14(3)12-25-21(28)27-19(22)24-11-5-6-18-15(4)26-20(23)29-18/h7-10,13-14H,5-6,11-12H2,1-4H3,(H2,23,26)(H4,22,24,25,27,28). The van der Waals surface area contributed by atoms with E-state index < -0.39 is 0 Å². The van der Waals surface area contributed by atoms with E-state index >= 15 is 0 Å². The molecule has 6 N–H and O–H groups in total. The average molecular weight is 417 g/mol. The molecule has 2 rings (SSSR count). The molecule has 0 saturated carbocycles. The SMILES string of the molecule is Cc1nc(N)sc1CCCN=C(N)NC(=O)NCC(C)c1ccc(C(C)C)cc1. The van der Waals surface area contributed by atoms with Crippen molar-refractivity contribution in [3.8, 4) is 0 Å². The molecule has 158 valence electrons. The van der Waals surface area contributed by atoms with Gasteiger partial charge in [-0.15, -0.1) is 11.3 Å². The van der Waals surface area contributed by atoms with Crippen LogP contribution in [0.5, 0.6) is 0 Å². The molecule has 0 spiro atoms. The Morgan fingerprint density at radius 1 is 1.21 bits per heavy atom. The number of urea groups is 1. The summed E-state index contributed by atoms with van der Waals surface area (Å²) in [4.78, 5) is 21.6. The summed E-state index contributed by atoms with van der Waals surface area (Å²) in [7, 11) is 0. The number of carbonyl (C=O) groups is 1. The maximum absolute atomic E-state index is 12.0. The molecule has 1 heterocycles. The largest absolute Gasteiger partial charge is 0.375 e. The van der Waals surface area contributed by atoms with E-state index in [1.807, 2.05) is 6.92 Å². The molecular weight excluding hydrogens is 384 g/mol. The Bertz CT molecular complexity index is 828. The van der Waals surface area contributed by atoms with E-state index in [9.17, 15) is 4.79 Å². The summed E-state index contributed by atoms with van der Waals surface area (Å²) in [5.41, 5.74) is 15.0. The topological polar surface area (TPSA) is 118 Å². The first-order valence-electron chi connectivity index (χ1n) is 9.92. The van der Waals surface area contributed by atoms with Gasteiger partial charge in [0.05, 0.1) is 5.69 Å². The van der Waals surface area contributed by atoms with Crippen molar-refractivity contribution in [1.29, 1.82) is 0 Å². The highest BCUT2D eigenvalue weighted by Gasteiger charge is 2.09. The molecule has 8 heteroatoms. The summed E-state index contributed by atoms with van der Waals surface area (Å²) in [5.74, 6) is 0.835. The fourth-order valence-electron chi connectivity index (χ4n) is 2.89. The number of benzene rings is 1. The number of aliphatic imine (C=N–C) groups is 1. The van der Waals surface area contributed by atoms with E-state index in [1.165, 1.54) is 22.5 Å². The van der Waals surface area contributed by atoms with E-state index in [1.54, 1.807) is 0 Å². The van der Waals surface area contributed by atoms with Gasteiger partial charge in [0.2, 0.25) is 0 Å². The molecule has 0 aliphatic heterocycles. The lowest BCUT2D eigenvalue weighted by molar-refractivity contribution is 0.244. The predicted octanol–water partition coefficient (Wildman–Crippen LogP) is 3.51. The van der Waals surface area contributed by atoms with Crippen LogP contribution in [0.2, 0.25) is 0 Å². The first kappa shape index (κ1) is 22.7. The molecule has 1 aromatic carbocycles. The highest BCUT2D eigenvalue weighted by Crippen LogP contribution is 2.21. The number of aromatic nitrogens is 1. The second kappa shape index (κ2) is 10.8. The molecule has 0 bridgehead atoms. The zero-order valence-corrected chi connectivity index (χ0v) is 18.5. The van der Waals surface area contributed by atoms with Crippen molar-refractivity contribution >= 4 is 28.5 Å². The molecule has 0 fully saturated rings. The van der Waals surface area contributed by atoms with Crippen molar-refractivity contribution in [2.24, 2.45) is 10.7 Å². The summed E-state index contributed by atoms with van der Waals surface area (Å²) in [5, 5.41) is 6.00. The zero-order valence-electron chi connectivity index (χ0n) is 17.7. The van der Waals surface area contributed by atoms with E-state index in [0.717, 1.165) is 23.4 Å². The number of carbonyl (C=O) groups excluding carboxylic acids is 1. The van der Waals surface area contributed by atoms with Crippen LogP contribution in [0.1, 0.15) is 60.7 Å². The van der Waals surface area contributed by atoms with Gasteiger partial charge < -0.3 is 16.8 Å². The molecule has 1 aromatic heterocycles. The number of nitrogens with one attached hydrogen (secondary N) is 2. The van der Waals surface area contributed by atoms with Gasteiger partial charge in [-0.2, -0.15) is 0 Å². The number of nitrogens with two attached hydrogens (primary N) is 2. The van der Waals surface area contributed by atoms with Gasteiger partial charge in [0.1, 0.15) is 0 Å². The number of guanidine groups is 1. The van der Waals surface area contributed by atoms with E-state index in [2.05, 4.69) is 65.6 Å². The minimum Gasteiger partial charge on any atom is -0.375 e. The number of thiazole rings is 1. The van der Waals surface area contributed by atoms with Crippen LogP contribution in [0, 0.1) is 6.92 Å². The Balaban J connectivity index is 1.70. The molecule has 7 nitrogen and oxygen atoms in total.